The van der Waals surface area contributed by atoms with E-state index in [-0.39, 0.29) is 18.5 Å². The van der Waals surface area contributed by atoms with E-state index >= 15 is 0 Å². The zero-order chi connectivity index (χ0) is 50.0. The van der Waals surface area contributed by atoms with Crippen LogP contribution in [0, 0.1) is 0 Å². The molecule has 0 aliphatic heterocycles. The number of carbonyl (C=O) groups excluding carboxylic acids is 2. The van der Waals surface area contributed by atoms with Gasteiger partial charge in [0.1, 0.15) is 0 Å². The van der Waals surface area contributed by atoms with Gasteiger partial charge in [-0.1, -0.05) is 289 Å². The maximum atomic E-state index is 12.5. The van der Waals surface area contributed by atoms with E-state index in [0.717, 1.165) is 83.5 Å². The normalized spacial score (nSPS) is 12.7. The van der Waals surface area contributed by atoms with Crippen molar-refractivity contribution in [2.24, 2.45) is 0 Å². The van der Waals surface area contributed by atoms with Gasteiger partial charge in [-0.25, -0.2) is 0 Å². The van der Waals surface area contributed by atoms with Crippen LogP contribution in [0.15, 0.2) is 24.3 Å². The molecule has 3 N–H and O–H groups in total. The smallest absolute Gasteiger partial charge is 0.305 e. The molecule has 408 valence electrons. The molecule has 0 aromatic rings. The van der Waals surface area contributed by atoms with Gasteiger partial charge in [-0.3, -0.25) is 9.59 Å². The summed E-state index contributed by atoms with van der Waals surface area (Å²) in [6.07, 6.45) is 71.8. The van der Waals surface area contributed by atoms with Crippen LogP contribution in [-0.4, -0.2) is 47.4 Å². The van der Waals surface area contributed by atoms with Gasteiger partial charge in [-0.05, 0) is 64.2 Å². The van der Waals surface area contributed by atoms with Crippen molar-refractivity contribution in [2.75, 3.05) is 13.2 Å². The Morgan fingerprint density at radius 2 is 0.725 bits per heavy atom. The molecule has 0 fully saturated rings. The molecule has 0 spiro atoms. The number of ether oxygens (including phenoxy) is 1. The summed E-state index contributed by atoms with van der Waals surface area (Å²) in [5, 5.41) is 23.3. The third-order valence-electron chi connectivity index (χ3n) is 14.5. The maximum absolute atomic E-state index is 12.5. The Balaban J connectivity index is 3.47. The molecule has 2 unspecified atom stereocenters. The number of esters is 1. The number of hydrogen-bond donors (Lipinski definition) is 3. The molecular weight excluding hydrogens is 851 g/mol. The van der Waals surface area contributed by atoms with Gasteiger partial charge in [0, 0.05) is 12.8 Å². The fraction of sp³-hybridized carbons (Fsp3) is 0.905. The fourth-order valence-electron chi connectivity index (χ4n) is 9.73. The first kappa shape index (κ1) is 67.3. The molecule has 0 aliphatic carbocycles. The first-order valence-corrected chi connectivity index (χ1v) is 31.1. The number of rotatable bonds is 58. The average molecular weight is 973 g/mol. The first-order chi connectivity index (χ1) is 34.0. The highest BCUT2D eigenvalue weighted by Gasteiger charge is 2.20. The third kappa shape index (κ3) is 55.5. The zero-order valence-electron chi connectivity index (χ0n) is 46.6. The quantitative estimate of drug-likeness (QED) is 0.0321. The van der Waals surface area contributed by atoms with E-state index in [0.29, 0.717) is 25.9 Å². The second-order valence-electron chi connectivity index (χ2n) is 21.4. The summed E-state index contributed by atoms with van der Waals surface area (Å²) in [6, 6.07) is -0.554. The van der Waals surface area contributed by atoms with Gasteiger partial charge in [-0.2, -0.15) is 0 Å². The van der Waals surface area contributed by atoms with Crippen LogP contribution in [0.1, 0.15) is 341 Å². The maximum Gasteiger partial charge on any atom is 0.305 e. The van der Waals surface area contributed by atoms with Crippen molar-refractivity contribution in [1.82, 2.24) is 5.32 Å². The van der Waals surface area contributed by atoms with Crippen molar-refractivity contribution in [3.8, 4) is 0 Å². The van der Waals surface area contributed by atoms with Gasteiger partial charge in [0.05, 0.1) is 25.4 Å². The Morgan fingerprint density at radius 3 is 1.10 bits per heavy atom. The summed E-state index contributed by atoms with van der Waals surface area (Å²) in [7, 11) is 0. The highest BCUT2D eigenvalue weighted by molar-refractivity contribution is 5.76. The summed E-state index contributed by atoms with van der Waals surface area (Å²) < 4.78 is 5.47. The number of hydrogen-bond acceptors (Lipinski definition) is 5. The minimum atomic E-state index is -0.675. The Morgan fingerprint density at radius 1 is 0.406 bits per heavy atom. The van der Waals surface area contributed by atoms with E-state index in [4.69, 9.17) is 4.74 Å². The number of aliphatic hydroxyl groups excluding tert-OH is 2. The molecule has 0 rings (SSSR count). The highest BCUT2D eigenvalue weighted by Crippen LogP contribution is 2.18. The number of nitrogens with one attached hydrogen (secondary N) is 1. The molecule has 0 saturated carbocycles. The Hall–Kier alpha value is -1.66. The SMILES string of the molecule is CCCCCCCCCCCCCCCCCCCCC(=O)OCCCCC/C=C\C/C=C\CCCCCCCCCC(=O)NC(CO)C(O)CCCCCCCCCCCCCCCCCCC. The van der Waals surface area contributed by atoms with Crippen LogP contribution in [0.25, 0.3) is 0 Å². The molecular formula is C63H121NO5. The van der Waals surface area contributed by atoms with E-state index in [2.05, 4.69) is 43.5 Å². The molecule has 0 heterocycles. The van der Waals surface area contributed by atoms with Gasteiger partial charge in [0.25, 0.3) is 0 Å². The summed E-state index contributed by atoms with van der Waals surface area (Å²) in [4.78, 5) is 24.6. The van der Waals surface area contributed by atoms with Crippen LogP contribution >= 0.6 is 0 Å². The van der Waals surface area contributed by atoms with Gasteiger partial charge < -0.3 is 20.3 Å². The first-order valence-electron chi connectivity index (χ1n) is 31.1. The van der Waals surface area contributed by atoms with E-state index in [9.17, 15) is 19.8 Å². The topological polar surface area (TPSA) is 95.9 Å². The van der Waals surface area contributed by atoms with Crippen LogP contribution in [0.2, 0.25) is 0 Å². The van der Waals surface area contributed by atoms with Crippen LogP contribution in [-0.2, 0) is 14.3 Å². The van der Waals surface area contributed by atoms with Crippen molar-refractivity contribution in [3.05, 3.63) is 24.3 Å². The van der Waals surface area contributed by atoms with Gasteiger partial charge in [0.15, 0.2) is 0 Å². The van der Waals surface area contributed by atoms with Gasteiger partial charge >= 0.3 is 5.97 Å². The molecule has 6 heteroatoms. The number of allylic oxidation sites excluding steroid dienone is 4. The van der Waals surface area contributed by atoms with E-state index in [1.165, 1.54) is 225 Å². The summed E-state index contributed by atoms with van der Waals surface area (Å²) in [5.74, 6) is -0.0591. The monoisotopic (exact) mass is 972 g/mol. The number of amides is 1. The molecule has 0 aromatic heterocycles. The molecule has 0 aromatic carbocycles. The second-order valence-corrected chi connectivity index (χ2v) is 21.4. The summed E-state index contributed by atoms with van der Waals surface area (Å²) in [5.41, 5.74) is 0. The Bertz CT molecular complexity index is 1080. The predicted octanol–water partition coefficient (Wildman–Crippen LogP) is 19.4. The van der Waals surface area contributed by atoms with Crippen LogP contribution < -0.4 is 5.32 Å². The molecule has 0 bridgehead atoms. The van der Waals surface area contributed by atoms with Crippen LogP contribution in [0.3, 0.4) is 0 Å². The van der Waals surface area contributed by atoms with E-state index in [1.807, 2.05) is 0 Å². The minimum Gasteiger partial charge on any atom is -0.466 e. The zero-order valence-corrected chi connectivity index (χ0v) is 46.6. The molecule has 2 atom stereocenters. The molecule has 1 amide bonds. The number of aliphatic hydroxyl groups is 2. The molecule has 0 radical (unpaired) electrons. The van der Waals surface area contributed by atoms with Crippen molar-refractivity contribution < 1.29 is 24.5 Å². The molecule has 6 nitrogen and oxygen atoms in total. The largest absolute Gasteiger partial charge is 0.466 e. The lowest BCUT2D eigenvalue weighted by molar-refractivity contribution is -0.143. The van der Waals surface area contributed by atoms with Crippen molar-refractivity contribution in [1.29, 1.82) is 0 Å². The Labute approximate surface area is 431 Å². The van der Waals surface area contributed by atoms with Crippen LogP contribution in [0.5, 0.6) is 0 Å². The van der Waals surface area contributed by atoms with Gasteiger partial charge in [-0.15, -0.1) is 0 Å². The lowest BCUT2D eigenvalue weighted by atomic mass is 10.0. The number of carbonyl (C=O) groups is 2. The van der Waals surface area contributed by atoms with Gasteiger partial charge in [0.2, 0.25) is 5.91 Å². The minimum absolute atomic E-state index is 0.0105. The summed E-state index contributed by atoms with van der Waals surface area (Å²) in [6.45, 7) is 4.94. The highest BCUT2D eigenvalue weighted by atomic mass is 16.5. The lowest BCUT2D eigenvalue weighted by Crippen LogP contribution is -2.45. The molecule has 69 heavy (non-hydrogen) atoms. The molecule has 0 aliphatic rings. The molecule has 0 saturated heterocycles. The second kappa shape index (κ2) is 58.9. The standard InChI is InChI=1S/C63H121NO5/c1-3-5-7-9-11-13-15-17-19-21-25-29-33-37-41-45-49-53-57-63(68)69-58-54-50-46-42-38-34-30-26-22-24-28-32-36-40-44-48-52-56-62(67)64-60(59-65)61(66)55-51-47-43-39-35-31-27-23-20-18-16-14-12-10-8-6-4-2/h22,26,34,38,60-61,65-66H,3-21,23-25,27-33,35-37,39-59H2,1-2H3,(H,64,67)/b26-22-,38-34-. The lowest BCUT2D eigenvalue weighted by Gasteiger charge is -2.22. The van der Waals surface area contributed by atoms with Crippen molar-refractivity contribution in [3.63, 3.8) is 0 Å². The number of unbranched alkanes of at least 4 members (excludes halogenated alkanes) is 43. The average Bonchev–Trinajstić information content (AvgIpc) is 3.35. The summed E-state index contributed by atoms with van der Waals surface area (Å²) >= 11 is 0. The predicted molar refractivity (Wildman–Crippen MR) is 301 cm³/mol. The van der Waals surface area contributed by atoms with Crippen LogP contribution in [0.4, 0.5) is 0 Å². The van der Waals surface area contributed by atoms with Crippen molar-refractivity contribution in [2.45, 2.75) is 353 Å². The third-order valence-corrected chi connectivity index (χ3v) is 14.5. The Kier molecular flexibility index (Phi) is 57.5. The van der Waals surface area contributed by atoms with E-state index in [1.54, 1.807) is 0 Å². The van der Waals surface area contributed by atoms with E-state index < -0.39 is 12.1 Å². The van der Waals surface area contributed by atoms with Crippen molar-refractivity contribution >= 4 is 11.9 Å². The fourth-order valence-corrected chi connectivity index (χ4v) is 9.73.